The zero-order chi connectivity index (χ0) is 22.9. The van der Waals surface area contributed by atoms with E-state index in [1.165, 1.54) is 71.6 Å². The molecule has 0 amide bonds. The Morgan fingerprint density at radius 2 is 1.00 bits per heavy atom. The van der Waals surface area contributed by atoms with Crippen LogP contribution in [0.2, 0.25) is 0 Å². The van der Waals surface area contributed by atoms with Crippen molar-refractivity contribution in [3.8, 4) is 39.1 Å². The first-order chi connectivity index (χ1) is 17.4. The smallest absolute Gasteiger partial charge is 0.0626 e. The van der Waals surface area contributed by atoms with E-state index in [0.717, 1.165) is 0 Å². The fourth-order valence-corrected chi connectivity index (χ4v) is 6.12. The third-order valence-corrected chi connectivity index (χ3v) is 7.50. The first kappa shape index (κ1) is 18.8. The van der Waals surface area contributed by atoms with Crippen molar-refractivity contribution in [2.24, 2.45) is 0 Å². The lowest BCUT2D eigenvalue weighted by molar-refractivity contribution is 1.18. The Kier molecular flexibility index (Phi) is 3.72. The van der Waals surface area contributed by atoms with Gasteiger partial charge in [-0.05, 0) is 62.9 Å². The minimum atomic E-state index is 1.19. The molecule has 0 bridgehead atoms. The van der Waals surface area contributed by atoms with Crippen molar-refractivity contribution in [2.45, 2.75) is 0 Å². The molecular formula is C34H21N. The van der Waals surface area contributed by atoms with Gasteiger partial charge < -0.3 is 4.57 Å². The molecule has 0 spiro atoms. The van der Waals surface area contributed by atoms with Gasteiger partial charge in [-0.25, -0.2) is 0 Å². The van der Waals surface area contributed by atoms with Crippen LogP contribution < -0.4 is 0 Å². The summed E-state index contributed by atoms with van der Waals surface area (Å²) in [4.78, 5) is 0. The van der Waals surface area contributed by atoms with Crippen LogP contribution in [0.5, 0.6) is 0 Å². The molecule has 1 aliphatic rings. The van der Waals surface area contributed by atoms with Crippen LogP contribution in [-0.4, -0.2) is 4.57 Å². The van der Waals surface area contributed by atoms with Gasteiger partial charge in [-0.15, -0.1) is 0 Å². The highest BCUT2D eigenvalue weighted by atomic mass is 15.0. The van der Waals surface area contributed by atoms with Crippen molar-refractivity contribution in [3.63, 3.8) is 0 Å². The molecule has 162 valence electrons. The van der Waals surface area contributed by atoms with E-state index in [1.807, 2.05) is 0 Å². The molecule has 0 atom stereocenters. The summed E-state index contributed by atoms with van der Waals surface area (Å²) in [5.41, 5.74) is 11.4. The van der Waals surface area contributed by atoms with E-state index in [9.17, 15) is 0 Å². The molecule has 0 unspecified atom stereocenters. The van der Waals surface area contributed by atoms with Crippen molar-refractivity contribution in [3.05, 3.63) is 127 Å². The van der Waals surface area contributed by atoms with Gasteiger partial charge in [-0.2, -0.15) is 0 Å². The monoisotopic (exact) mass is 443 g/mol. The summed E-state index contributed by atoms with van der Waals surface area (Å²) in [5, 5.41) is 5.32. The molecule has 6 aromatic carbocycles. The molecule has 8 rings (SSSR count). The van der Waals surface area contributed by atoms with Gasteiger partial charge in [0.15, 0.2) is 0 Å². The molecule has 1 heteroatoms. The van der Waals surface area contributed by atoms with E-state index in [1.54, 1.807) is 0 Å². The molecule has 7 aromatic rings. The first-order valence-corrected chi connectivity index (χ1v) is 12.1. The lowest BCUT2D eigenvalue weighted by Gasteiger charge is -2.16. The Bertz CT molecular complexity index is 1930. The van der Waals surface area contributed by atoms with Crippen molar-refractivity contribution in [1.82, 2.24) is 4.57 Å². The van der Waals surface area contributed by atoms with E-state index < -0.39 is 0 Å². The molecule has 0 saturated carbocycles. The largest absolute Gasteiger partial charge is 0.309 e. The second kappa shape index (κ2) is 6.94. The molecular weight excluding hydrogens is 422 g/mol. The van der Waals surface area contributed by atoms with Gasteiger partial charge in [0.05, 0.1) is 11.0 Å². The summed E-state index contributed by atoms with van der Waals surface area (Å²) in [5.74, 6) is 0. The molecule has 0 saturated heterocycles. The number of hydrogen-bond acceptors (Lipinski definition) is 0. The zero-order valence-electron chi connectivity index (χ0n) is 19.1. The van der Waals surface area contributed by atoms with Crippen LogP contribution in [0.15, 0.2) is 127 Å². The van der Waals surface area contributed by atoms with Gasteiger partial charge in [0.2, 0.25) is 0 Å². The highest BCUT2D eigenvalue weighted by Gasteiger charge is 2.26. The number of aromatic nitrogens is 1. The Labute approximate surface area is 203 Å². The fraction of sp³-hybridized carbons (Fsp3) is 0. The first-order valence-electron chi connectivity index (χ1n) is 12.1. The number of benzene rings is 6. The van der Waals surface area contributed by atoms with Gasteiger partial charge in [-0.1, -0.05) is 103 Å². The molecule has 1 heterocycles. The van der Waals surface area contributed by atoms with Gasteiger partial charge >= 0.3 is 0 Å². The summed E-state index contributed by atoms with van der Waals surface area (Å²) in [6, 6.07) is 46.4. The van der Waals surface area contributed by atoms with Crippen LogP contribution >= 0.6 is 0 Å². The summed E-state index contributed by atoms with van der Waals surface area (Å²) >= 11 is 0. The SMILES string of the molecule is c1ccc(-c2cc3cccc4c3c3c5c(cccc5n(-c5ccccc5)c23)-c2ccccc2-4)cc1. The van der Waals surface area contributed by atoms with Gasteiger partial charge in [0.25, 0.3) is 0 Å². The predicted molar refractivity (Wildman–Crippen MR) is 148 cm³/mol. The van der Waals surface area contributed by atoms with E-state index in [4.69, 9.17) is 0 Å². The predicted octanol–water partition coefficient (Wildman–Crippen LogP) is 9.25. The summed E-state index contributed by atoms with van der Waals surface area (Å²) in [6.45, 7) is 0. The summed E-state index contributed by atoms with van der Waals surface area (Å²) in [6.07, 6.45) is 0. The van der Waals surface area contributed by atoms with Crippen molar-refractivity contribution in [1.29, 1.82) is 0 Å². The summed E-state index contributed by atoms with van der Waals surface area (Å²) in [7, 11) is 0. The lowest BCUT2D eigenvalue weighted by atomic mass is 9.91. The van der Waals surface area contributed by atoms with Gasteiger partial charge in [-0.3, -0.25) is 0 Å². The maximum Gasteiger partial charge on any atom is 0.0626 e. The minimum absolute atomic E-state index is 1.19. The topological polar surface area (TPSA) is 4.93 Å². The number of hydrogen-bond donors (Lipinski definition) is 0. The fourth-order valence-electron chi connectivity index (χ4n) is 6.12. The van der Waals surface area contributed by atoms with Crippen molar-refractivity contribution < 1.29 is 0 Å². The molecule has 35 heavy (non-hydrogen) atoms. The second-order valence-corrected chi connectivity index (χ2v) is 9.33. The third kappa shape index (κ3) is 2.47. The molecule has 0 fully saturated rings. The molecule has 0 N–H and O–H groups in total. The number of para-hydroxylation sites is 1. The highest BCUT2D eigenvalue weighted by molar-refractivity contribution is 6.32. The van der Waals surface area contributed by atoms with Crippen LogP contribution in [0.3, 0.4) is 0 Å². The van der Waals surface area contributed by atoms with E-state index in [-0.39, 0.29) is 0 Å². The summed E-state index contributed by atoms with van der Waals surface area (Å²) < 4.78 is 2.47. The molecule has 0 radical (unpaired) electrons. The Hall–Kier alpha value is -4.62. The molecule has 1 aromatic heterocycles. The van der Waals surface area contributed by atoms with E-state index in [0.29, 0.717) is 0 Å². The zero-order valence-corrected chi connectivity index (χ0v) is 19.1. The maximum absolute atomic E-state index is 2.47. The van der Waals surface area contributed by atoms with Crippen molar-refractivity contribution in [2.75, 3.05) is 0 Å². The molecule has 0 aliphatic heterocycles. The average molecular weight is 444 g/mol. The lowest BCUT2D eigenvalue weighted by Crippen LogP contribution is -1.96. The highest BCUT2D eigenvalue weighted by Crippen LogP contribution is 2.51. The Morgan fingerprint density at radius 1 is 0.400 bits per heavy atom. The van der Waals surface area contributed by atoms with Crippen LogP contribution in [0.4, 0.5) is 0 Å². The van der Waals surface area contributed by atoms with Gasteiger partial charge in [0.1, 0.15) is 0 Å². The van der Waals surface area contributed by atoms with Crippen LogP contribution in [-0.2, 0) is 0 Å². The maximum atomic E-state index is 2.47. The Morgan fingerprint density at radius 3 is 1.74 bits per heavy atom. The van der Waals surface area contributed by atoms with Crippen molar-refractivity contribution >= 4 is 32.6 Å². The standard InChI is InChI=1S/C34H21N/c1-3-11-22(12-4-1)29-21-23-13-9-18-27-25-16-7-8-17-26(25)28-19-10-20-30-32(28)33(31(23)27)34(29)35(30)24-14-5-2-6-15-24/h1-21H. The number of nitrogens with zero attached hydrogens (tertiary/aromatic N) is 1. The van der Waals surface area contributed by atoms with E-state index in [2.05, 4.69) is 132 Å². The quantitative estimate of drug-likeness (QED) is 0.251. The van der Waals surface area contributed by atoms with E-state index >= 15 is 0 Å². The average Bonchev–Trinajstić information content (AvgIpc) is 3.22. The Balaban J connectivity index is 1.73. The minimum Gasteiger partial charge on any atom is -0.309 e. The normalized spacial score (nSPS) is 12.0. The third-order valence-electron chi connectivity index (χ3n) is 7.50. The number of fused-ring (bicyclic) bond motifs is 3. The van der Waals surface area contributed by atoms with Crippen LogP contribution in [0.1, 0.15) is 0 Å². The molecule has 1 nitrogen and oxygen atoms in total. The second-order valence-electron chi connectivity index (χ2n) is 9.33. The number of rotatable bonds is 2. The molecule has 1 aliphatic carbocycles. The van der Waals surface area contributed by atoms with Gasteiger partial charge in [0, 0.05) is 22.0 Å². The van der Waals surface area contributed by atoms with Crippen LogP contribution in [0.25, 0.3) is 71.6 Å². The van der Waals surface area contributed by atoms with Crippen LogP contribution in [0, 0.1) is 0 Å².